The molecule has 47 heavy (non-hydrogen) atoms. The Kier molecular flexibility index (Phi) is 11.8. The molecule has 0 saturated heterocycles. The van der Waals surface area contributed by atoms with E-state index in [2.05, 4.69) is 24.3 Å². The monoisotopic (exact) mass is 752 g/mol. The van der Waals surface area contributed by atoms with Crippen LogP contribution < -0.4 is 9.47 Å². The van der Waals surface area contributed by atoms with E-state index in [9.17, 15) is 29.5 Å². The lowest BCUT2D eigenvalue weighted by atomic mass is 10.3. The van der Waals surface area contributed by atoms with Crippen molar-refractivity contribution in [3.8, 4) is 11.5 Å². The van der Waals surface area contributed by atoms with Crippen molar-refractivity contribution in [2.45, 2.75) is 29.4 Å². The minimum atomic E-state index is -3.39. The summed E-state index contributed by atoms with van der Waals surface area (Å²) in [6.45, 7) is 0.836. The highest BCUT2D eigenvalue weighted by atomic mass is 32.2. The summed E-state index contributed by atoms with van der Waals surface area (Å²) in [4.78, 5) is 3.94. The summed E-state index contributed by atoms with van der Waals surface area (Å²) >= 11 is 3.94. The van der Waals surface area contributed by atoms with Gasteiger partial charge in [-0.1, -0.05) is 48.5 Å². The normalized spacial score (nSPS) is 20.3. The van der Waals surface area contributed by atoms with Crippen LogP contribution in [-0.2, 0) is 40.3 Å². The highest BCUT2D eigenvalue weighted by Crippen LogP contribution is 2.36. The standard InChI is InChI=1S/C8H8O4S2.C8H8O3S.C8H8O2S.C8H8S2/c9-13(10)5-6-14(11,12)8-4-2-1-3-7(8)13;9-12(10)6-5-11-7-3-1-2-4-8(7)12;9-11-6-5-10-7-3-1-2-4-8(7)11;1-2-4-8-7(3-1)9-5-6-10-8/h1-4H,5-6H2;1-4H,5-6H2;1-4H,5-6H2;1-4H,5-6H2. The van der Waals surface area contributed by atoms with Crippen LogP contribution in [0.2, 0.25) is 0 Å². The number of benzene rings is 4. The molecule has 4 heterocycles. The number of ether oxygens (including phenoxy) is 2. The van der Waals surface area contributed by atoms with Gasteiger partial charge in [-0.05, 0) is 48.5 Å². The predicted molar refractivity (Wildman–Crippen MR) is 186 cm³/mol. The molecule has 0 aromatic heterocycles. The van der Waals surface area contributed by atoms with Gasteiger partial charge >= 0.3 is 0 Å². The Bertz CT molecular complexity index is 2000. The summed E-state index contributed by atoms with van der Waals surface area (Å²) in [5.74, 6) is 3.86. The van der Waals surface area contributed by atoms with Crippen LogP contribution in [0.1, 0.15) is 0 Å². The lowest BCUT2D eigenvalue weighted by Crippen LogP contribution is -2.25. The molecule has 1 atom stereocenters. The molecule has 0 aliphatic carbocycles. The molecule has 0 amide bonds. The fraction of sp³-hybridized carbons (Fsp3) is 0.250. The SMILES string of the molecule is O=S1(=O)CCOc2ccccc21.O=S1(=O)CCS(=O)(=O)c2ccccc21.O=S1CCOc2ccccc21.c1ccc2c(c1)SCCS2. The summed E-state index contributed by atoms with van der Waals surface area (Å²) in [5.41, 5.74) is 0. The number of hydrogen-bond donors (Lipinski definition) is 0. The average molecular weight is 753 g/mol. The van der Waals surface area contributed by atoms with E-state index < -0.39 is 40.3 Å². The van der Waals surface area contributed by atoms with E-state index >= 15 is 0 Å². The number of para-hydroxylation sites is 2. The fourth-order valence-electron chi connectivity index (χ4n) is 4.69. The first kappa shape index (κ1) is 35.5. The molecule has 1 unspecified atom stereocenters. The third-order valence-corrected chi connectivity index (χ3v) is 16.5. The van der Waals surface area contributed by atoms with Gasteiger partial charge < -0.3 is 9.47 Å². The molecule has 4 aliphatic rings. The first-order chi connectivity index (χ1) is 22.5. The molecule has 4 aliphatic heterocycles. The van der Waals surface area contributed by atoms with Crippen molar-refractivity contribution < 1.29 is 38.9 Å². The predicted octanol–water partition coefficient (Wildman–Crippen LogP) is 5.17. The smallest absolute Gasteiger partial charge is 0.185 e. The van der Waals surface area contributed by atoms with Gasteiger partial charge in [0, 0.05) is 21.3 Å². The maximum Gasteiger partial charge on any atom is 0.185 e. The van der Waals surface area contributed by atoms with E-state index in [-0.39, 0.29) is 33.7 Å². The molecule has 0 N–H and O–H groups in total. The van der Waals surface area contributed by atoms with Crippen LogP contribution in [0.15, 0.2) is 126 Å². The van der Waals surface area contributed by atoms with Crippen LogP contribution in [0.3, 0.4) is 0 Å². The summed E-state index contributed by atoms with van der Waals surface area (Å²) in [5, 5.41) is 0. The molecular formula is C32H32O9S6. The van der Waals surface area contributed by atoms with E-state index in [4.69, 9.17) is 9.47 Å². The third-order valence-electron chi connectivity index (χ3n) is 7.00. The molecule has 15 heteroatoms. The number of sulfone groups is 3. The van der Waals surface area contributed by atoms with Crippen LogP contribution in [0.25, 0.3) is 0 Å². The molecule has 4 aromatic rings. The van der Waals surface area contributed by atoms with Gasteiger partial charge in [0.2, 0.25) is 0 Å². The highest BCUT2D eigenvalue weighted by Gasteiger charge is 2.32. The van der Waals surface area contributed by atoms with Crippen molar-refractivity contribution in [2.75, 3.05) is 47.7 Å². The molecule has 0 spiro atoms. The van der Waals surface area contributed by atoms with E-state index in [0.29, 0.717) is 23.0 Å². The maximum atomic E-state index is 11.5. The van der Waals surface area contributed by atoms with Gasteiger partial charge in [0.15, 0.2) is 29.5 Å². The molecule has 0 radical (unpaired) electrons. The summed E-state index contributed by atoms with van der Waals surface area (Å²) < 4.78 is 90.6. The Balaban J connectivity index is 0.000000124. The molecule has 250 valence electrons. The highest BCUT2D eigenvalue weighted by molar-refractivity contribution is 8.05. The van der Waals surface area contributed by atoms with E-state index in [0.717, 1.165) is 10.6 Å². The molecule has 0 saturated carbocycles. The van der Waals surface area contributed by atoms with E-state index in [1.807, 2.05) is 47.8 Å². The zero-order chi connectivity index (χ0) is 33.5. The Morgan fingerprint density at radius 1 is 0.511 bits per heavy atom. The van der Waals surface area contributed by atoms with Crippen molar-refractivity contribution in [1.29, 1.82) is 0 Å². The van der Waals surface area contributed by atoms with Gasteiger partial charge in [-0.15, -0.1) is 23.5 Å². The number of rotatable bonds is 0. The second-order valence-electron chi connectivity index (χ2n) is 10.2. The maximum absolute atomic E-state index is 11.5. The minimum Gasteiger partial charge on any atom is -0.491 e. The number of hydrogen-bond acceptors (Lipinski definition) is 11. The van der Waals surface area contributed by atoms with Gasteiger partial charge in [-0.3, -0.25) is 4.21 Å². The van der Waals surface area contributed by atoms with Crippen LogP contribution in [-0.4, -0.2) is 77.2 Å². The van der Waals surface area contributed by atoms with Crippen molar-refractivity contribution in [3.63, 3.8) is 0 Å². The zero-order valence-electron chi connectivity index (χ0n) is 25.0. The second-order valence-corrected chi connectivity index (χ2v) is 20.2. The number of thioether (sulfide) groups is 2. The zero-order valence-corrected chi connectivity index (χ0v) is 29.9. The Morgan fingerprint density at radius 2 is 0.957 bits per heavy atom. The largest absolute Gasteiger partial charge is 0.491 e. The molecule has 9 nitrogen and oxygen atoms in total. The van der Waals surface area contributed by atoms with Gasteiger partial charge in [0.05, 0.1) is 48.5 Å². The quantitative estimate of drug-likeness (QED) is 0.235. The average Bonchev–Trinajstić information content (AvgIpc) is 3.08. The van der Waals surface area contributed by atoms with Gasteiger partial charge in [0.25, 0.3) is 0 Å². The Hall–Kier alpha value is -2.82. The summed E-state index contributed by atoms with van der Waals surface area (Å²) in [6.07, 6.45) is 0. The molecule has 4 aromatic carbocycles. The van der Waals surface area contributed by atoms with Crippen molar-refractivity contribution in [3.05, 3.63) is 97.1 Å². The molecule has 0 fully saturated rings. The van der Waals surface area contributed by atoms with Crippen molar-refractivity contribution >= 4 is 63.8 Å². The van der Waals surface area contributed by atoms with Gasteiger partial charge in [-0.2, -0.15) is 0 Å². The van der Waals surface area contributed by atoms with Crippen molar-refractivity contribution in [1.82, 2.24) is 0 Å². The van der Waals surface area contributed by atoms with Crippen LogP contribution in [0.4, 0.5) is 0 Å². The lowest BCUT2D eigenvalue weighted by Gasteiger charge is -2.16. The molecular weight excluding hydrogens is 721 g/mol. The van der Waals surface area contributed by atoms with Crippen LogP contribution >= 0.6 is 23.5 Å². The van der Waals surface area contributed by atoms with Crippen LogP contribution in [0, 0.1) is 0 Å². The fourth-order valence-corrected chi connectivity index (χ4v) is 13.5. The Morgan fingerprint density at radius 3 is 1.51 bits per heavy atom. The first-order valence-corrected chi connectivity index (χ1v) is 22.7. The minimum absolute atomic E-state index is 0.0637. The van der Waals surface area contributed by atoms with Gasteiger partial charge in [-0.25, -0.2) is 25.3 Å². The van der Waals surface area contributed by atoms with E-state index in [1.165, 1.54) is 45.6 Å². The Labute approximate surface area is 286 Å². The first-order valence-electron chi connectivity index (χ1n) is 14.4. The summed E-state index contributed by atoms with van der Waals surface area (Å²) in [6, 6.07) is 28.5. The second kappa shape index (κ2) is 15.6. The third kappa shape index (κ3) is 9.00. The van der Waals surface area contributed by atoms with Crippen molar-refractivity contribution in [2.24, 2.45) is 0 Å². The lowest BCUT2D eigenvalue weighted by molar-refractivity contribution is 0.322. The topological polar surface area (TPSA) is 138 Å². The van der Waals surface area contributed by atoms with Gasteiger partial charge in [0.1, 0.15) is 29.6 Å². The molecule has 0 bridgehead atoms. The summed E-state index contributed by atoms with van der Waals surface area (Å²) in [7, 11) is -10.7. The van der Waals surface area contributed by atoms with Crippen LogP contribution in [0.5, 0.6) is 11.5 Å². The number of fused-ring (bicyclic) bond motifs is 4. The van der Waals surface area contributed by atoms with E-state index in [1.54, 1.807) is 24.3 Å². The molecule has 8 rings (SSSR count).